The number of halogens is 3. The van der Waals surface area contributed by atoms with E-state index in [-0.39, 0.29) is 16.6 Å². The van der Waals surface area contributed by atoms with Crippen molar-refractivity contribution < 1.29 is 8.78 Å². The quantitative estimate of drug-likeness (QED) is 0.879. The summed E-state index contributed by atoms with van der Waals surface area (Å²) in [6.45, 7) is 0.665. The van der Waals surface area contributed by atoms with Gasteiger partial charge in [-0.1, -0.05) is 0 Å². The molecule has 0 radical (unpaired) electrons. The maximum atomic E-state index is 13.8. The SMILES string of the molecule is CNCc1nccn1Cc1c(F)ccc(Br)c1F. The molecule has 0 bridgehead atoms. The molecule has 2 aromatic rings. The molecule has 2 rings (SSSR count). The monoisotopic (exact) mass is 315 g/mol. The second kappa shape index (κ2) is 5.58. The normalized spacial score (nSPS) is 10.9. The van der Waals surface area contributed by atoms with Gasteiger partial charge in [-0.15, -0.1) is 0 Å². The number of hydrogen-bond donors (Lipinski definition) is 1. The number of imidazole rings is 1. The zero-order chi connectivity index (χ0) is 13.1. The summed E-state index contributed by atoms with van der Waals surface area (Å²) in [6, 6.07) is 2.60. The molecule has 1 aromatic heterocycles. The van der Waals surface area contributed by atoms with Gasteiger partial charge in [0.05, 0.1) is 17.6 Å². The maximum Gasteiger partial charge on any atom is 0.145 e. The Hall–Kier alpha value is -1.27. The van der Waals surface area contributed by atoms with Gasteiger partial charge in [0.15, 0.2) is 0 Å². The largest absolute Gasteiger partial charge is 0.329 e. The second-order valence-corrected chi connectivity index (χ2v) is 4.68. The Morgan fingerprint density at radius 2 is 2.17 bits per heavy atom. The van der Waals surface area contributed by atoms with E-state index >= 15 is 0 Å². The van der Waals surface area contributed by atoms with Crippen LogP contribution in [0.15, 0.2) is 29.0 Å². The van der Waals surface area contributed by atoms with Gasteiger partial charge in [-0.2, -0.15) is 0 Å². The molecule has 0 aliphatic rings. The van der Waals surface area contributed by atoms with Crippen LogP contribution in [-0.2, 0) is 13.1 Å². The van der Waals surface area contributed by atoms with Gasteiger partial charge >= 0.3 is 0 Å². The average molecular weight is 316 g/mol. The van der Waals surface area contributed by atoms with Crippen LogP contribution in [0, 0.1) is 11.6 Å². The summed E-state index contributed by atoms with van der Waals surface area (Å²) in [5.41, 5.74) is 0.0275. The minimum atomic E-state index is -0.570. The highest BCUT2D eigenvalue weighted by atomic mass is 79.9. The van der Waals surface area contributed by atoms with Crippen molar-refractivity contribution >= 4 is 15.9 Å². The smallest absolute Gasteiger partial charge is 0.145 e. The fourth-order valence-corrected chi connectivity index (χ4v) is 2.07. The van der Waals surface area contributed by atoms with Crippen LogP contribution in [0.2, 0.25) is 0 Å². The summed E-state index contributed by atoms with van der Waals surface area (Å²) in [6.07, 6.45) is 3.31. The van der Waals surface area contributed by atoms with Crippen molar-refractivity contribution in [2.75, 3.05) is 7.05 Å². The number of hydrogen-bond acceptors (Lipinski definition) is 2. The predicted octanol–water partition coefficient (Wildman–Crippen LogP) is 2.69. The Morgan fingerprint density at radius 3 is 2.89 bits per heavy atom. The molecular weight excluding hydrogens is 304 g/mol. The van der Waals surface area contributed by atoms with Crippen molar-refractivity contribution in [2.45, 2.75) is 13.1 Å². The van der Waals surface area contributed by atoms with Crippen LogP contribution in [0.1, 0.15) is 11.4 Å². The van der Waals surface area contributed by atoms with Crippen molar-refractivity contribution in [3.8, 4) is 0 Å². The molecule has 1 heterocycles. The average Bonchev–Trinajstić information content (AvgIpc) is 2.78. The molecule has 0 unspecified atom stereocenters. The molecule has 0 spiro atoms. The summed E-state index contributed by atoms with van der Waals surface area (Å²) in [5.74, 6) is -0.393. The lowest BCUT2D eigenvalue weighted by molar-refractivity contribution is 0.534. The van der Waals surface area contributed by atoms with Crippen LogP contribution in [0.3, 0.4) is 0 Å². The molecule has 0 saturated carbocycles. The Balaban J connectivity index is 2.34. The molecule has 0 saturated heterocycles. The molecule has 0 amide bonds. The Bertz CT molecular complexity index is 554. The van der Waals surface area contributed by atoms with Crippen LogP contribution in [0.5, 0.6) is 0 Å². The van der Waals surface area contributed by atoms with E-state index in [1.807, 2.05) is 0 Å². The molecule has 18 heavy (non-hydrogen) atoms. The molecule has 1 N–H and O–H groups in total. The van der Waals surface area contributed by atoms with Crippen LogP contribution >= 0.6 is 15.9 Å². The van der Waals surface area contributed by atoms with Gasteiger partial charge in [0.2, 0.25) is 0 Å². The van der Waals surface area contributed by atoms with E-state index in [0.29, 0.717) is 6.54 Å². The Kier molecular flexibility index (Phi) is 4.08. The highest BCUT2D eigenvalue weighted by Crippen LogP contribution is 2.22. The molecule has 1 aromatic carbocycles. The lowest BCUT2D eigenvalue weighted by Gasteiger charge is -2.10. The second-order valence-electron chi connectivity index (χ2n) is 3.82. The Labute approximate surface area is 112 Å². The first-order chi connectivity index (χ1) is 8.63. The molecule has 96 valence electrons. The van der Waals surface area contributed by atoms with E-state index in [0.717, 1.165) is 5.82 Å². The topological polar surface area (TPSA) is 29.9 Å². The fraction of sp³-hybridized carbons (Fsp3) is 0.250. The fourth-order valence-electron chi connectivity index (χ4n) is 1.69. The van der Waals surface area contributed by atoms with Crippen LogP contribution in [0.4, 0.5) is 8.78 Å². The first-order valence-corrected chi connectivity index (χ1v) is 6.19. The molecule has 6 heteroatoms. The van der Waals surface area contributed by atoms with Crippen molar-refractivity contribution in [3.05, 3.63) is 52.0 Å². The zero-order valence-corrected chi connectivity index (χ0v) is 11.3. The summed E-state index contributed by atoms with van der Waals surface area (Å²) in [5, 5.41) is 2.96. The van der Waals surface area contributed by atoms with E-state index in [1.165, 1.54) is 12.1 Å². The van der Waals surface area contributed by atoms with Gasteiger partial charge in [0, 0.05) is 18.0 Å². The van der Waals surface area contributed by atoms with E-state index in [2.05, 4.69) is 26.2 Å². The van der Waals surface area contributed by atoms with Gasteiger partial charge in [0.1, 0.15) is 17.5 Å². The van der Waals surface area contributed by atoms with Gasteiger partial charge < -0.3 is 9.88 Å². The number of rotatable bonds is 4. The van der Waals surface area contributed by atoms with Gasteiger partial charge in [-0.05, 0) is 35.1 Å². The van der Waals surface area contributed by atoms with Crippen molar-refractivity contribution in [3.63, 3.8) is 0 Å². The standard InChI is InChI=1S/C12H12BrF2N3/c1-16-6-11-17-4-5-18(11)7-8-10(14)3-2-9(13)12(8)15/h2-5,16H,6-7H2,1H3. The molecule has 0 atom stereocenters. The third-order valence-electron chi connectivity index (χ3n) is 2.60. The minimum Gasteiger partial charge on any atom is -0.329 e. The molecule has 0 aliphatic carbocycles. The van der Waals surface area contributed by atoms with Gasteiger partial charge in [-0.25, -0.2) is 13.8 Å². The van der Waals surface area contributed by atoms with Crippen LogP contribution in [-0.4, -0.2) is 16.6 Å². The number of nitrogens with zero attached hydrogens (tertiary/aromatic N) is 2. The summed E-state index contributed by atoms with van der Waals surface area (Å²) in [4.78, 5) is 4.13. The van der Waals surface area contributed by atoms with Crippen molar-refractivity contribution in [1.82, 2.24) is 14.9 Å². The van der Waals surface area contributed by atoms with Crippen LogP contribution in [0.25, 0.3) is 0 Å². The first kappa shape index (κ1) is 13.2. The summed E-state index contributed by atoms with van der Waals surface area (Å²) < 4.78 is 29.4. The third kappa shape index (κ3) is 2.59. The lowest BCUT2D eigenvalue weighted by atomic mass is 10.2. The van der Waals surface area contributed by atoms with Gasteiger partial charge in [0.25, 0.3) is 0 Å². The molecule has 0 fully saturated rings. The van der Waals surface area contributed by atoms with E-state index < -0.39 is 11.6 Å². The predicted molar refractivity (Wildman–Crippen MR) is 68.2 cm³/mol. The number of nitrogens with one attached hydrogen (secondary N) is 1. The van der Waals surface area contributed by atoms with Crippen molar-refractivity contribution in [2.24, 2.45) is 0 Å². The van der Waals surface area contributed by atoms with E-state index in [4.69, 9.17) is 0 Å². The zero-order valence-electron chi connectivity index (χ0n) is 9.75. The lowest BCUT2D eigenvalue weighted by Crippen LogP contribution is -2.14. The van der Waals surface area contributed by atoms with Gasteiger partial charge in [-0.3, -0.25) is 0 Å². The Morgan fingerprint density at radius 1 is 1.39 bits per heavy atom. The maximum absolute atomic E-state index is 13.8. The summed E-state index contributed by atoms with van der Waals surface area (Å²) in [7, 11) is 1.79. The molecule has 3 nitrogen and oxygen atoms in total. The number of aromatic nitrogens is 2. The third-order valence-corrected chi connectivity index (χ3v) is 3.22. The highest BCUT2D eigenvalue weighted by molar-refractivity contribution is 9.10. The highest BCUT2D eigenvalue weighted by Gasteiger charge is 2.14. The first-order valence-electron chi connectivity index (χ1n) is 5.40. The van der Waals surface area contributed by atoms with E-state index in [1.54, 1.807) is 24.0 Å². The summed E-state index contributed by atoms with van der Waals surface area (Å²) >= 11 is 3.05. The van der Waals surface area contributed by atoms with E-state index in [9.17, 15) is 8.78 Å². The van der Waals surface area contributed by atoms with Crippen LogP contribution < -0.4 is 5.32 Å². The number of benzene rings is 1. The molecule has 0 aliphatic heterocycles. The molecular formula is C12H12BrF2N3. The minimum absolute atomic E-state index is 0.0275. The van der Waals surface area contributed by atoms with Crippen molar-refractivity contribution in [1.29, 1.82) is 0 Å².